The smallest absolute Gasteiger partial charge is 0.132 e. The van der Waals surface area contributed by atoms with Gasteiger partial charge in [-0.15, -0.1) is 0 Å². The van der Waals surface area contributed by atoms with E-state index in [-0.39, 0.29) is 12.0 Å². The highest BCUT2D eigenvalue weighted by atomic mass is 16.5. The molecule has 0 atom stereocenters. The average Bonchev–Trinajstić information content (AvgIpc) is 2.70. The minimum Gasteiger partial charge on any atom is -0.496 e. The van der Waals surface area contributed by atoms with Gasteiger partial charge in [-0.3, -0.25) is 0 Å². The molecule has 2 rings (SSSR count). The number of benzene rings is 1. The maximum absolute atomic E-state index is 9.48. The second-order valence-electron chi connectivity index (χ2n) is 5.05. The number of aliphatic hydroxyl groups excluding tert-OH is 1. The second-order valence-corrected chi connectivity index (χ2v) is 5.05. The summed E-state index contributed by atoms with van der Waals surface area (Å²) in [6, 6.07) is 6.16. The molecule has 1 aromatic heterocycles. The van der Waals surface area contributed by atoms with E-state index in [9.17, 15) is 5.11 Å². The van der Waals surface area contributed by atoms with Crippen molar-refractivity contribution in [2.75, 3.05) is 13.7 Å². The molecule has 2 aromatic rings. The highest BCUT2D eigenvalue weighted by Crippen LogP contribution is 2.37. The van der Waals surface area contributed by atoms with Crippen molar-refractivity contribution < 1.29 is 9.84 Å². The van der Waals surface area contributed by atoms with Crippen LogP contribution in [0.5, 0.6) is 5.75 Å². The van der Waals surface area contributed by atoms with Crippen LogP contribution < -0.4 is 4.74 Å². The van der Waals surface area contributed by atoms with Gasteiger partial charge >= 0.3 is 0 Å². The van der Waals surface area contributed by atoms with Crippen LogP contribution in [-0.4, -0.2) is 23.4 Å². The number of fused-ring (bicyclic) bond motifs is 1. The van der Waals surface area contributed by atoms with Gasteiger partial charge in [0.2, 0.25) is 0 Å². The molecule has 0 bridgehead atoms. The summed E-state index contributed by atoms with van der Waals surface area (Å²) in [5, 5.41) is 10.6. The van der Waals surface area contributed by atoms with Gasteiger partial charge in [-0.1, -0.05) is 19.9 Å². The summed E-state index contributed by atoms with van der Waals surface area (Å²) in [4.78, 5) is 0. The van der Waals surface area contributed by atoms with Gasteiger partial charge in [-0.05, 0) is 12.1 Å². The molecule has 0 fully saturated rings. The van der Waals surface area contributed by atoms with Crippen LogP contribution in [0.1, 0.15) is 19.4 Å². The number of aliphatic hydroxyl groups is 1. The molecule has 0 aliphatic heterocycles. The summed E-state index contributed by atoms with van der Waals surface area (Å²) >= 11 is 0. The van der Waals surface area contributed by atoms with E-state index in [1.54, 1.807) is 7.11 Å². The van der Waals surface area contributed by atoms with Crippen LogP contribution in [0.2, 0.25) is 0 Å². The van der Waals surface area contributed by atoms with Crippen LogP contribution in [0, 0.1) is 0 Å². The van der Waals surface area contributed by atoms with Crippen molar-refractivity contribution >= 4 is 10.9 Å². The Morgan fingerprint density at radius 3 is 2.59 bits per heavy atom. The Kier molecular flexibility index (Phi) is 2.87. The monoisotopic (exact) mass is 233 g/mol. The number of ether oxygens (including phenoxy) is 1. The predicted molar refractivity (Wildman–Crippen MR) is 69.6 cm³/mol. The Balaban J connectivity index is 2.74. The van der Waals surface area contributed by atoms with Crippen molar-refractivity contribution in [2.45, 2.75) is 19.3 Å². The number of methoxy groups -OCH3 is 1. The fraction of sp³-hybridized carbons (Fsp3) is 0.429. The fourth-order valence-corrected chi connectivity index (χ4v) is 2.16. The third-order valence-electron chi connectivity index (χ3n) is 3.35. The number of rotatable bonds is 3. The Hall–Kier alpha value is -1.48. The molecular formula is C14H19NO2. The van der Waals surface area contributed by atoms with Gasteiger partial charge in [0.1, 0.15) is 5.75 Å². The first kappa shape index (κ1) is 12.0. The van der Waals surface area contributed by atoms with Crippen LogP contribution >= 0.6 is 0 Å². The highest BCUT2D eigenvalue weighted by molar-refractivity contribution is 5.88. The molecule has 17 heavy (non-hydrogen) atoms. The van der Waals surface area contributed by atoms with E-state index < -0.39 is 0 Å². The zero-order chi connectivity index (χ0) is 12.6. The molecule has 0 amide bonds. The maximum atomic E-state index is 9.48. The van der Waals surface area contributed by atoms with Gasteiger partial charge in [0.15, 0.2) is 0 Å². The summed E-state index contributed by atoms with van der Waals surface area (Å²) in [6.07, 6.45) is 2.02. The molecule has 0 unspecified atom stereocenters. The summed E-state index contributed by atoms with van der Waals surface area (Å²) in [6.45, 7) is 4.13. The molecule has 1 aromatic carbocycles. The first-order chi connectivity index (χ1) is 8.01. The minimum atomic E-state index is -0.296. The molecule has 0 saturated heterocycles. The Morgan fingerprint density at radius 1 is 1.29 bits per heavy atom. The van der Waals surface area contributed by atoms with E-state index in [4.69, 9.17) is 4.74 Å². The van der Waals surface area contributed by atoms with E-state index in [0.29, 0.717) is 0 Å². The van der Waals surface area contributed by atoms with Gasteiger partial charge in [-0.2, -0.15) is 0 Å². The number of hydrogen-bond acceptors (Lipinski definition) is 2. The largest absolute Gasteiger partial charge is 0.496 e. The number of aryl methyl sites for hydroxylation is 1. The van der Waals surface area contributed by atoms with E-state index >= 15 is 0 Å². The Morgan fingerprint density at radius 2 is 2.00 bits per heavy atom. The van der Waals surface area contributed by atoms with Gasteiger partial charge in [0, 0.05) is 29.6 Å². The van der Waals surface area contributed by atoms with Gasteiger partial charge in [0.25, 0.3) is 0 Å². The summed E-state index contributed by atoms with van der Waals surface area (Å²) in [5.41, 5.74) is 1.88. The predicted octanol–water partition coefficient (Wildman–Crippen LogP) is 2.46. The van der Waals surface area contributed by atoms with Crippen molar-refractivity contribution in [3.63, 3.8) is 0 Å². The number of hydrogen-bond donors (Lipinski definition) is 1. The maximum Gasteiger partial charge on any atom is 0.132 e. The topological polar surface area (TPSA) is 34.4 Å². The number of nitrogens with zero attached hydrogens (tertiary/aromatic N) is 1. The van der Waals surface area contributed by atoms with Crippen LogP contribution in [0.15, 0.2) is 24.4 Å². The van der Waals surface area contributed by atoms with Crippen LogP contribution in [0.4, 0.5) is 0 Å². The first-order valence-corrected chi connectivity index (χ1v) is 5.74. The molecule has 92 valence electrons. The summed E-state index contributed by atoms with van der Waals surface area (Å²) < 4.78 is 7.60. The molecule has 3 nitrogen and oxygen atoms in total. The summed E-state index contributed by atoms with van der Waals surface area (Å²) in [5.74, 6) is 0.863. The third-order valence-corrected chi connectivity index (χ3v) is 3.35. The van der Waals surface area contributed by atoms with Crippen LogP contribution in [-0.2, 0) is 12.5 Å². The Bertz CT molecular complexity index is 540. The van der Waals surface area contributed by atoms with Crippen LogP contribution in [0.25, 0.3) is 10.9 Å². The molecule has 0 aliphatic carbocycles. The normalized spacial score (nSPS) is 12.1. The lowest BCUT2D eigenvalue weighted by atomic mass is 9.84. The zero-order valence-corrected chi connectivity index (χ0v) is 10.8. The van der Waals surface area contributed by atoms with Crippen molar-refractivity contribution in [1.82, 2.24) is 4.57 Å². The fourth-order valence-electron chi connectivity index (χ4n) is 2.16. The van der Waals surface area contributed by atoms with Crippen molar-refractivity contribution in [3.05, 3.63) is 30.0 Å². The van der Waals surface area contributed by atoms with Gasteiger partial charge in [0.05, 0.1) is 19.2 Å². The molecule has 0 saturated carbocycles. The lowest BCUT2D eigenvalue weighted by molar-refractivity contribution is 0.215. The molecule has 1 heterocycles. The van der Waals surface area contributed by atoms with Crippen molar-refractivity contribution in [3.8, 4) is 5.75 Å². The third kappa shape index (κ3) is 1.80. The molecule has 0 spiro atoms. The lowest BCUT2D eigenvalue weighted by Crippen LogP contribution is -2.22. The molecule has 0 aliphatic rings. The van der Waals surface area contributed by atoms with Crippen molar-refractivity contribution in [2.24, 2.45) is 7.05 Å². The van der Waals surface area contributed by atoms with Crippen LogP contribution in [0.3, 0.4) is 0 Å². The van der Waals surface area contributed by atoms with E-state index in [2.05, 4.69) is 10.6 Å². The highest BCUT2D eigenvalue weighted by Gasteiger charge is 2.25. The van der Waals surface area contributed by atoms with E-state index in [1.165, 1.54) is 0 Å². The van der Waals surface area contributed by atoms with Crippen molar-refractivity contribution in [1.29, 1.82) is 0 Å². The molecular weight excluding hydrogens is 214 g/mol. The average molecular weight is 233 g/mol. The molecule has 0 radical (unpaired) electrons. The molecule has 1 N–H and O–H groups in total. The zero-order valence-electron chi connectivity index (χ0n) is 10.8. The Labute approximate surface area is 102 Å². The first-order valence-electron chi connectivity index (χ1n) is 5.74. The SMILES string of the molecule is COc1c(C(C)(C)CO)ccc2c1ccn2C. The second kappa shape index (κ2) is 4.08. The summed E-state index contributed by atoms with van der Waals surface area (Å²) in [7, 11) is 3.69. The standard InChI is InChI=1S/C14H19NO2/c1-14(2,9-16)11-5-6-12-10(13(11)17-4)7-8-15(12)3/h5-8,16H,9H2,1-4H3. The minimum absolute atomic E-state index is 0.0989. The van der Waals surface area contributed by atoms with E-state index in [1.807, 2.05) is 39.2 Å². The molecule has 3 heteroatoms. The number of aromatic nitrogens is 1. The lowest BCUT2D eigenvalue weighted by Gasteiger charge is -2.25. The van der Waals surface area contributed by atoms with E-state index in [0.717, 1.165) is 22.2 Å². The van der Waals surface area contributed by atoms with Gasteiger partial charge < -0.3 is 14.4 Å². The quantitative estimate of drug-likeness (QED) is 0.883. The van der Waals surface area contributed by atoms with Gasteiger partial charge in [-0.25, -0.2) is 0 Å².